The zero-order valence-electron chi connectivity index (χ0n) is 16.4. The molecular formula is C22H20N4O4. The fourth-order valence-corrected chi connectivity index (χ4v) is 3.31. The first-order valence-electron chi connectivity index (χ1n) is 9.64. The second-order valence-corrected chi connectivity index (χ2v) is 7.03. The lowest BCUT2D eigenvalue weighted by molar-refractivity contribution is 0.0641. The number of nitrogens with one attached hydrogen (secondary N) is 1. The Morgan fingerprint density at radius 3 is 2.30 bits per heavy atom. The summed E-state index contributed by atoms with van der Waals surface area (Å²) in [5, 5.41) is 6.57. The van der Waals surface area contributed by atoms with Gasteiger partial charge in [0.1, 0.15) is 0 Å². The predicted molar refractivity (Wildman–Crippen MR) is 107 cm³/mol. The van der Waals surface area contributed by atoms with Crippen molar-refractivity contribution in [2.45, 2.75) is 26.3 Å². The van der Waals surface area contributed by atoms with Gasteiger partial charge in [0.2, 0.25) is 5.89 Å². The van der Waals surface area contributed by atoms with Crippen molar-refractivity contribution in [3.63, 3.8) is 0 Å². The normalized spacial score (nSPS) is 12.9. The lowest BCUT2D eigenvalue weighted by Gasteiger charge is -2.14. The van der Waals surface area contributed by atoms with Crippen LogP contribution in [0.15, 0.2) is 53.1 Å². The number of aryl methyl sites for hydroxylation is 2. The van der Waals surface area contributed by atoms with Crippen molar-refractivity contribution in [2.24, 2.45) is 0 Å². The largest absolute Gasteiger partial charge is 0.352 e. The van der Waals surface area contributed by atoms with Crippen LogP contribution >= 0.6 is 0 Å². The SMILES string of the molecule is Cc1noc(CCCNC(=O)c2ccc(CN3C(=O)c4ccccc4C3=O)cc2)n1. The van der Waals surface area contributed by atoms with Crippen LogP contribution in [0.2, 0.25) is 0 Å². The molecular weight excluding hydrogens is 384 g/mol. The van der Waals surface area contributed by atoms with E-state index in [0.717, 1.165) is 5.56 Å². The first-order chi connectivity index (χ1) is 14.5. The Morgan fingerprint density at radius 1 is 1.03 bits per heavy atom. The Hall–Kier alpha value is -3.81. The van der Waals surface area contributed by atoms with Gasteiger partial charge in [0, 0.05) is 18.5 Å². The van der Waals surface area contributed by atoms with Crippen molar-refractivity contribution in [3.8, 4) is 0 Å². The molecule has 0 unspecified atom stereocenters. The molecule has 4 rings (SSSR count). The molecule has 0 saturated heterocycles. The van der Waals surface area contributed by atoms with Crippen molar-refractivity contribution in [1.29, 1.82) is 0 Å². The molecule has 8 heteroatoms. The summed E-state index contributed by atoms with van der Waals surface area (Å²) >= 11 is 0. The summed E-state index contributed by atoms with van der Waals surface area (Å²) < 4.78 is 5.03. The number of aromatic nitrogens is 2. The molecule has 2 aromatic carbocycles. The maximum atomic E-state index is 12.5. The first-order valence-corrected chi connectivity index (χ1v) is 9.64. The molecule has 30 heavy (non-hydrogen) atoms. The number of benzene rings is 2. The summed E-state index contributed by atoms with van der Waals surface area (Å²) in [4.78, 5) is 42.6. The van der Waals surface area contributed by atoms with Gasteiger partial charge in [-0.2, -0.15) is 4.98 Å². The molecule has 3 amide bonds. The quantitative estimate of drug-likeness (QED) is 0.479. The zero-order chi connectivity index (χ0) is 21.1. The first kappa shape index (κ1) is 19.5. The second-order valence-electron chi connectivity index (χ2n) is 7.03. The Bertz CT molecular complexity index is 1070. The number of amides is 3. The number of hydrogen-bond acceptors (Lipinski definition) is 6. The molecule has 1 N–H and O–H groups in total. The fraction of sp³-hybridized carbons (Fsp3) is 0.227. The van der Waals surface area contributed by atoms with Crippen molar-refractivity contribution in [1.82, 2.24) is 20.4 Å². The molecule has 0 aliphatic carbocycles. The topological polar surface area (TPSA) is 105 Å². The summed E-state index contributed by atoms with van der Waals surface area (Å²) in [6, 6.07) is 13.7. The molecule has 8 nitrogen and oxygen atoms in total. The van der Waals surface area contributed by atoms with Crippen LogP contribution in [0.25, 0.3) is 0 Å². The highest BCUT2D eigenvalue weighted by Gasteiger charge is 2.34. The van der Waals surface area contributed by atoms with Crippen LogP contribution in [-0.2, 0) is 13.0 Å². The van der Waals surface area contributed by atoms with E-state index in [1.54, 1.807) is 55.5 Å². The van der Waals surface area contributed by atoms with Gasteiger partial charge in [-0.1, -0.05) is 29.4 Å². The third-order valence-corrected chi connectivity index (χ3v) is 4.86. The molecule has 0 fully saturated rings. The number of rotatable bonds is 7. The second kappa shape index (κ2) is 8.28. The van der Waals surface area contributed by atoms with Gasteiger partial charge in [0.05, 0.1) is 17.7 Å². The number of carbonyl (C=O) groups is 3. The molecule has 0 saturated carbocycles. The molecule has 0 spiro atoms. The minimum atomic E-state index is -0.297. The average molecular weight is 404 g/mol. The van der Waals surface area contributed by atoms with E-state index in [0.29, 0.717) is 47.8 Å². The van der Waals surface area contributed by atoms with Gasteiger partial charge in [-0.05, 0) is 43.2 Å². The van der Waals surface area contributed by atoms with Gasteiger partial charge in [0.15, 0.2) is 5.82 Å². The highest BCUT2D eigenvalue weighted by molar-refractivity contribution is 6.21. The van der Waals surface area contributed by atoms with Crippen molar-refractivity contribution in [3.05, 3.63) is 82.5 Å². The van der Waals surface area contributed by atoms with E-state index >= 15 is 0 Å². The Kier molecular flexibility index (Phi) is 5.38. The fourth-order valence-electron chi connectivity index (χ4n) is 3.31. The van der Waals surface area contributed by atoms with Crippen LogP contribution in [0.3, 0.4) is 0 Å². The minimum absolute atomic E-state index is 0.165. The predicted octanol–water partition coefficient (Wildman–Crippen LogP) is 2.54. The van der Waals surface area contributed by atoms with Crippen LogP contribution < -0.4 is 5.32 Å². The van der Waals surface area contributed by atoms with Crippen LogP contribution in [0.5, 0.6) is 0 Å². The molecule has 2 heterocycles. The van der Waals surface area contributed by atoms with Crippen LogP contribution in [0, 0.1) is 6.92 Å². The number of nitrogens with zero attached hydrogens (tertiary/aromatic N) is 3. The van der Waals surface area contributed by atoms with Crippen LogP contribution in [0.4, 0.5) is 0 Å². The molecule has 3 aromatic rings. The third-order valence-electron chi connectivity index (χ3n) is 4.86. The molecule has 0 radical (unpaired) electrons. The Labute approximate surface area is 172 Å². The van der Waals surface area contributed by atoms with Gasteiger partial charge < -0.3 is 9.84 Å². The summed E-state index contributed by atoms with van der Waals surface area (Å²) in [5.41, 5.74) is 2.13. The van der Waals surface area contributed by atoms with E-state index in [1.807, 2.05) is 0 Å². The van der Waals surface area contributed by atoms with Crippen molar-refractivity contribution >= 4 is 17.7 Å². The summed E-state index contributed by atoms with van der Waals surface area (Å²) in [6.07, 6.45) is 1.28. The molecule has 1 aliphatic heterocycles. The smallest absolute Gasteiger partial charge is 0.261 e. The number of fused-ring (bicyclic) bond motifs is 1. The van der Waals surface area contributed by atoms with Crippen molar-refractivity contribution in [2.75, 3.05) is 6.54 Å². The summed E-state index contributed by atoms with van der Waals surface area (Å²) in [5.74, 6) is 0.362. The highest BCUT2D eigenvalue weighted by Crippen LogP contribution is 2.24. The van der Waals surface area contributed by atoms with E-state index in [1.165, 1.54) is 4.90 Å². The number of carbonyl (C=O) groups excluding carboxylic acids is 3. The van der Waals surface area contributed by atoms with Gasteiger partial charge in [-0.25, -0.2) is 0 Å². The minimum Gasteiger partial charge on any atom is -0.352 e. The molecule has 1 aromatic heterocycles. The lowest BCUT2D eigenvalue weighted by atomic mass is 10.1. The van der Waals surface area contributed by atoms with E-state index < -0.39 is 0 Å². The van der Waals surface area contributed by atoms with E-state index in [2.05, 4.69) is 15.5 Å². The Morgan fingerprint density at radius 2 is 1.70 bits per heavy atom. The molecule has 0 bridgehead atoms. The standard InChI is InChI=1S/C22H20N4O4/c1-14-24-19(30-25-14)7-4-12-23-20(27)16-10-8-15(9-11-16)13-26-21(28)17-5-2-3-6-18(17)22(26)29/h2-3,5-6,8-11H,4,7,12-13H2,1H3,(H,23,27). The van der Waals surface area contributed by atoms with Crippen molar-refractivity contribution < 1.29 is 18.9 Å². The monoisotopic (exact) mass is 404 g/mol. The molecule has 1 aliphatic rings. The lowest BCUT2D eigenvalue weighted by Crippen LogP contribution is -2.29. The zero-order valence-corrected chi connectivity index (χ0v) is 16.4. The average Bonchev–Trinajstić information content (AvgIpc) is 3.28. The number of hydrogen-bond donors (Lipinski definition) is 1. The van der Waals surface area contributed by atoms with E-state index in [-0.39, 0.29) is 24.3 Å². The molecule has 0 atom stereocenters. The summed E-state index contributed by atoms with van der Waals surface area (Å²) in [6.45, 7) is 2.40. The van der Waals surface area contributed by atoms with Gasteiger partial charge in [-0.15, -0.1) is 0 Å². The van der Waals surface area contributed by atoms with E-state index in [4.69, 9.17) is 4.52 Å². The molecule has 152 valence electrons. The maximum Gasteiger partial charge on any atom is 0.261 e. The van der Waals surface area contributed by atoms with Crippen LogP contribution in [0.1, 0.15) is 54.8 Å². The van der Waals surface area contributed by atoms with Gasteiger partial charge in [0.25, 0.3) is 17.7 Å². The van der Waals surface area contributed by atoms with Gasteiger partial charge >= 0.3 is 0 Å². The van der Waals surface area contributed by atoms with Crippen LogP contribution in [-0.4, -0.2) is 39.3 Å². The highest BCUT2D eigenvalue weighted by atomic mass is 16.5. The van der Waals surface area contributed by atoms with E-state index in [9.17, 15) is 14.4 Å². The summed E-state index contributed by atoms with van der Waals surface area (Å²) in [7, 11) is 0. The Balaban J connectivity index is 1.30. The van der Waals surface area contributed by atoms with Gasteiger partial charge in [-0.3, -0.25) is 19.3 Å². The maximum absolute atomic E-state index is 12.5. The number of imide groups is 1. The third kappa shape index (κ3) is 3.98.